The lowest BCUT2D eigenvalue weighted by atomic mass is 9.95. The van der Waals surface area contributed by atoms with E-state index in [-0.39, 0.29) is 17.9 Å². The molecule has 0 amide bonds. The molecule has 1 rings (SSSR count). The molecule has 3 nitrogen and oxygen atoms in total. The van der Waals surface area contributed by atoms with E-state index in [9.17, 15) is 0 Å². The largest absolute Gasteiger partial charge is 0.324 e. The van der Waals surface area contributed by atoms with Gasteiger partial charge in [0.1, 0.15) is 0 Å². The molecular formula is C13H30ClN3. The lowest BCUT2D eigenvalue weighted by Crippen LogP contribution is -2.52. The van der Waals surface area contributed by atoms with Crippen LogP contribution < -0.4 is 5.73 Å². The van der Waals surface area contributed by atoms with Crippen LogP contribution in [0.15, 0.2) is 0 Å². The Morgan fingerprint density at radius 2 is 2.00 bits per heavy atom. The second-order valence-corrected chi connectivity index (χ2v) is 6.06. The predicted molar refractivity (Wildman–Crippen MR) is 77.9 cm³/mol. The van der Waals surface area contributed by atoms with E-state index in [0.29, 0.717) is 12.1 Å². The topological polar surface area (TPSA) is 32.5 Å². The number of piperidine rings is 1. The van der Waals surface area contributed by atoms with E-state index >= 15 is 0 Å². The number of likely N-dealkylation sites (tertiary alicyclic amines) is 1. The molecule has 17 heavy (non-hydrogen) atoms. The molecule has 104 valence electrons. The Bertz CT molecular complexity index is 215. The summed E-state index contributed by atoms with van der Waals surface area (Å²) in [5.41, 5.74) is 6.00. The highest BCUT2D eigenvalue weighted by Crippen LogP contribution is 2.21. The highest BCUT2D eigenvalue weighted by molar-refractivity contribution is 5.85. The number of likely N-dealkylation sites (N-methyl/N-ethyl adjacent to an activating group) is 1. The van der Waals surface area contributed by atoms with Crippen molar-refractivity contribution in [1.29, 1.82) is 0 Å². The Labute approximate surface area is 113 Å². The molecule has 4 heteroatoms. The lowest BCUT2D eigenvalue weighted by Gasteiger charge is -2.42. The average Bonchev–Trinajstić information content (AvgIpc) is 2.15. The first kappa shape index (κ1) is 17.2. The maximum atomic E-state index is 6.08. The average molecular weight is 264 g/mol. The first-order valence-corrected chi connectivity index (χ1v) is 6.56. The maximum absolute atomic E-state index is 6.08. The fourth-order valence-electron chi connectivity index (χ4n) is 2.84. The van der Waals surface area contributed by atoms with Crippen LogP contribution in [0.5, 0.6) is 0 Å². The Morgan fingerprint density at radius 1 is 1.41 bits per heavy atom. The van der Waals surface area contributed by atoms with E-state index < -0.39 is 0 Å². The Hall–Kier alpha value is 0.170. The van der Waals surface area contributed by atoms with Crippen molar-refractivity contribution in [3.05, 3.63) is 0 Å². The van der Waals surface area contributed by atoms with E-state index in [1.54, 1.807) is 0 Å². The van der Waals surface area contributed by atoms with E-state index in [1.807, 2.05) is 0 Å². The number of hydrogen-bond donors (Lipinski definition) is 1. The molecule has 2 N–H and O–H groups in total. The van der Waals surface area contributed by atoms with E-state index in [1.165, 1.54) is 25.9 Å². The van der Waals surface area contributed by atoms with Gasteiger partial charge in [-0.15, -0.1) is 12.4 Å². The van der Waals surface area contributed by atoms with Crippen LogP contribution in [-0.4, -0.2) is 54.1 Å². The summed E-state index contributed by atoms with van der Waals surface area (Å²) in [5.74, 6) is 0. The van der Waals surface area contributed by atoms with Gasteiger partial charge in [-0.1, -0.05) is 6.92 Å². The SMILES string of the molecule is CCN1CCC(N(C)CC(C)(C)N)CC1C.Cl. The number of nitrogens with zero attached hydrogens (tertiary/aromatic N) is 2. The minimum Gasteiger partial charge on any atom is -0.324 e. The molecule has 0 aliphatic carbocycles. The third-order valence-electron chi connectivity index (χ3n) is 3.67. The van der Waals surface area contributed by atoms with Gasteiger partial charge in [-0.2, -0.15) is 0 Å². The van der Waals surface area contributed by atoms with Crippen LogP contribution in [0.4, 0.5) is 0 Å². The van der Waals surface area contributed by atoms with Gasteiger partial charge in [0.2, 0.25) is 0 Å². The molecular weight excluding hydrogens is 234 g/mol. The first-order valence-electron chi connectivity index (χ1n) is 6.56. The summed E-state index contributed by atoms with van der Waals surface area (Å²) in [6.07, 6.45) is 2.56. The molecule has 0 spiro atoms. The van der Waals surface area contributed by atoms with E-state index in [2.05, 4.69) is 44.5 Å². The molecule has 2 atom stereocenters. The zero-order valence-corrected chi connectivity index (χ0v) is 12.9. The quantitative estimate of drug-likeness (QED) is 0.842. The molecule has 1 saturated heterocycles. The monoisotopic (exact) mass is 263 g/mol. The molecule has 0 saturated carbocycles. The van der Waals surface area contributed by atoms with Gasteiger partial charge in [0.05, 0.1) is 0 Å². The number of nitrogens with two attached hydrogens (primary N) is 1. The predicted octanol–water partition coefficient (Wildman–Crippen LogP) is 1.95. The molecule has 0 aromatic carbocycles. The normalized spacial score (nSPS) is 27.0. The molecule has 1 aliphatic heterocycles. The minimum absolute atomic E-state index is 0. The smallest absolute Gasteiger partial charge is 0.0226 e. The van der Waals surface area contributed by atoms with E-state index in [4.69, 9.17) is 5.73 Å². The van der Waals surface area contributed by atoms with E-state index in [0.717, 1.165) is 6.54 Å². The van der Waals surface area contributed by atoms with Gasteiger partial charge in [0, 0.05) is 24.2 Å². The minimum atomic E-state index is -0.0835. The Morgan fingerprint density at radius 3 is 2.41 bits per heavy atom. The lowest BCUT2D eigenvalue weighted by molar-refractivity contribution is 0.0807. The summed E-state index contributed by atoms with van der Waals surface area (Å²) < 4.78 is 0. The van der Waals surface area contributed by atoms with Crippen molar-refractivity contribution in [2.75, 3.05) is 26.7 Å². The summed E-state index contributed by atoms with van der Waals surface area (Å²) in [4.78, 5) is 5.02. The van der Waals surface area contributed by atoms with Crippen LogP contribution in [0, 0.1) is 0 Å². The second kappa shape index (κ2) is 6.93. The van der Waals surface area contributed by atoms with Gasteiger partial charge in [-0.3, -0.25) is 0 Å². The molecule has 1 aliphatic rings. The van der Waals surface area contributed by atoms with Crippen molar-refractivity contribution in [3.8, 4) is 0 Å². The molecule has 1 fully saturated rings. The summed E-state index contributed by atoms with van der Waals surface area (Å²) in [6, 6.07) is 1.42. The van der Waals surface area contributed by atoms with Crippen molar-refractivity contribution in [2.24, 2.45) is 5.73 Å². The van der Waals surface area contributed by atoms with Gasteiger partial charge in [0.15, 0.2) is 0 Å². The third-order valence-corrected chi connectivity index (χ3v) is 3.67. The maximum Gasteiger partial charge on any atom is 0.0226 e. The number of hydrogen-bond acceptors (Lipinski definition) is 3. The second-order valence-electron chi connectivity index (χ2n) is 6.06. The molecule has 0 bridgehead atoms. The van der Waals surface area contributed by atoms with Crippen molar-refractivity contribution in [1.82, 2.24) is 9.80 Å². The molecule has 0 aromatic rings. The van der Waals surface area contributed by atoms with Gasteiger partial charge in [-0.05, 0) is 53.8 Å². The first-order chi connectivity index (χ1) is 7.33. The van der Waals surface area contributed by atoms with Crippen LogP contribution in [-0.2, 0) is 0 Å². The van der Waals surface area contributed by atoms with Gasteiger partial charge >= 0.3 is 0 Å². The number of rotatable bonds is 4. The Balaban J connectivity index is 0.00000256. The summed E-state index contributed by atoms with van der Waals surface area (Å²) in [6.45, 7) is 12.2. The molecule has 1 heterocycles. The zero-order chi connectivity index (χ0) is 12.3. The van der Waals surface area contributed by atoms with Crippen LogP contribution in [0.2, 0.25) is 0 Å². The standard InChI is InChI=1S/C13H29N3.ClH/c1-6-16-8-7-12(9-11(16)2)15(5)10-13(3,4)14;/h11-12H,6-10,14H2,1-5H3;1H. The van der Waals surface area contributed by atoms with Crippen LogP contribution in [0.1, 0.15) is 40.5 Å². The Kier molecular flexibility index (Phi) is 7.00. The van der Waals surface area contributed by atoms with Crippen molar-refractivity contribution in [3.63, 3.8) is 0 Å². The van der Waals surface area contributed by atoms with Crippen LogP contribution in [0.25, 0.3) is 0 Å². The highest BCUT2D eigenvalue weighted by atomic mass is 35.5. The number of halogens is 1. The summed E-state index contributed by atoms with van der Waals surface area (Å²) >= 11 is 0. The van der Waals surface area contributed by atoms with Gasteiger partial charge in [0.25, 0.3) is 0 Å². The fourth-order valence-corrected chi connectivity index (χ4v) is 2.84. The molecule has 2 unspecified atom stereocenters. The fraction of sp³-hybridized carbons (Fsp3) is 1.00. The molecule has 0 aromatic heterocycles. The van der Waals surface area contributed by atoms with Crippen molar-refractivity contribution < 1.29 is 0 Å². The van der Waals surface area contributed by atoms with Crippen LogP contribution >= 0.6 is 12.4 Å². The third kappa shape index (κ3) is 5.56. The van der Waals surface area contributed by atoms with Crippen molar-refractivity contribution in [2.45, 2.75) is 58.2 Å². The van der Waals surface area contributed by atoms with Gasteiger partial charge in [-0.25, -0.2) is 0 Å². The highest BCUT2D eigenvalue weighted by Gasteiger charge is 2.28. The van der Waals surface area contributed by atoms with Crippen LogP contribution in [0.3, 0.4) is 0 Å². The van der Waals surface area contributed by atoms with Crippen molar-refractivity contribution >= 4 is 12.4 Å². The molecule has 0 radical (unpaired) electrons. The summed E-state index contributed by atoms with van der Waals surface area (Å²) in [7, 11) is 2.22. The summed E-state index contributed by atoms with van der Waals surface area (Å²) in [5, 5.41) is 0. The zero-order valence-electron chi connectivity index (χ0n) is 12.1. The van der Waals surface area contributed by atoms with Gasteiger partial charge < -0.3 is 15.5 Å².